The first-order valence-corrected chi connectivity index (χ1v) is 4.75. The highest BCUT2D eigenvalue weighted by molar-refractivity contribution is 5.10. The maximum Gasteiger partial charge on any atom is 0.110 e. The highest BCUT2D eigenvalue weighted by Gasteiger charge is 2.57. The Morgan fingerprint density at radius 2 is 2.31 bits per heavy atom. The maximum absolute atomic E-state index is 9.71. The van der Waals surface area contributed by atoms with Gasteiger partial charge in [0.2, 0.25) is 0 Å². The van der Waals surface area contributed by atoms with Crippen LogP contribution < -0.4 is 5.32 Å². The van der Waals surface area contributed by atoms with E-state index in [9.17, 15) is 5.11 Å². The Bertz CT molecular complexity index is 193. The van der Waals surface area contributed by atoms with Crippen molar-refractivity contribution in [1.29, 1.82) is 0 Å². The Hall–Kier alpha value is -0.160. The summed E-state index contributed by atoms with van der Waals surface area (Å²) in [5.41, 5.74) is -0.0470. The van der Waals surface area contributed by atoms with Crippen molar-refractivity contribution in [3.05, 3.63) is 0 Å². The third-order valence-electron chi connectivity index (χ3n) is 3.24. The number of epoxide rings is 1. The predicted molar refractivity (Wildman–Crippen MR) is 47.6 cm³/mol. The van der Waals surface area contributed by atoms with Crippen molar-refractivity contribution >= 4 is 0 Å². The molecule has 0 radical (unpaired) electrons. The van der Waals surface area contributed by atoms with E-state index in [-0.39, 0.29) is 23.9 Å². The zero-order chi connectivity index (χ0) is 9.47. The molecule has 1 saturated heterocycles. The van der Waals surface area contributed by atoms with Crippen molar-refractivity contribution < 1.29 is 14.6 Å². The van der Waals surface area contributed by atoms with E-state index in [1.165, 1.54) is 0 Å². The number of ether oxygens (including phenoxy) is 2. The number of methoxy groups -OCH3 is 1. The summed E-state index contributed by atoms with van der Waals surface area (Å²) in [6.07, 6.45) is 1.20. The average Bonchev–Trinajstić information content (AvgIpc) is 2.90. The molecule has 1 spiro atoms. The molecule has 0 aromatic heterocycles. The Morgan fingerprint density at radius 3 is 2.77 bits per heavy atom. The van der Waals surface area contributed by atoms with E-state index in [2.05, 4.69) is 5.32 Å². The third-order valence-corrected chi connectivity index (χ3v) is 3.24. The topological polar surface area (TPSA) is 54.0 Å². The second-order valence-electron chi connectivity index (χ2n) is 3.93. The number of nitrogens with one attached hydrogen (secondary N) is 1. The van der Waals surface area contributed by atoms with Gasteiger partial charge in [0, 0.05) is 7.11 Å². The van der Waals surface area contributed by atoms with E-state index >= 15 is 0 Å². The molecule has 2 N–H and O–H groups in total. The van der Waals surface area contributed by atoms with Crippen molar-refractivity contribution in [3.8, 4) is 0 Å². The van der Waals surface area contributed by atoms with Crippen LogP contribution in [0.5, 0.6) is 0 Å². The molecular formula is C9H17NO3. The third kappa shape index (κ3) is 1.38. The number of hydrogen-bond acceptors (Lipinski definition) is 4. The van der Waals surface area contributed by atoms with Gasteiger partial charge in [0.1, 0.15) is 11.7 Å². The molecule has 4 atom stereocenters. The summed E-state index contributed by atoms with van der Waals surface area (Å²) in [5, 5.41) is 12.9. The van der Waals surface area contributed by atoms with E-state index in [1.807, 2.05) is 7.05 Å². The molecule has 4 heteroatoms. The SMILES string of the molecule is CNC1C(OC)C(O)CCC12CO2. The molecule has 76 valence electrons. The fourth-order valence-corrected chi connectivity index (χ4v) is 2.37. The molecule has 2 rings (SSSR count). The van der Waals surface area contributed by atoms with E-state index in [4.69, 9.17) is 9.47 Å². The molecular weight excluding hydrogens is 170 g/mol. The number of aliphatic hydroxyl groups is 1. The zero-order valence-corrected chi connectivity index (χ0v) is 8.12. The van der Waals surface area contributed by atoms with Crippen molar-refractivity contribution in [1.82, 2.24) is 5.32 Å². The lowest BCUT2D eigenvalue weighted by Crippen LogP contribution is -2.58. The largest absolute Gasteiger partial charge is 0.390 e. The molecule has 2 fully saturated rings. The molecule has 2 aliphatic rings. The van der Waals surface area contributed by atoms with Gasteiger partial charge in [-0.15, -0.1) is 0 Å². The lowest BCUT2D eigenvalue weighted by molar-refractivity contribution is -0.0766. The molecule has 0 aromatic carbocycles. The summed E-state index contributed by atoms with van der Waals surface area (Å²) in [4.78, 5) is 0. The summed E-state index contributed by atoms with van der Waals surface area (Å²) in [5.74, 6) is 0. The van der Waals surface area contributed by atoms with Gasteiger partial charge in [-0.3, -0.25) is 0 Å². The normalized spacial score (nSPS) is 49.6. The van der Waals surface area contributed by atoms with Gasteiger partial charge in [-0.25, -0.2) is 0 Å². The zero-order valence-electron chi connectivity index (χ0n) is 8.12. The first-order chi connectivity index (χ1) is 6.23. The Labute approximate surface area is 78.2 Å². The van der Waals surface area contributed by atoms with Gasteiger partial charge in [-0.2, -0.15) is 0 Å². The van der Waals surface area contributed by atoms with E-state index in [0.29, 0.717) is 0 Å². The number of likely N-dealkylation sites (N-methyl/N-ethyl adjacent to an activating group) is 1. The predicted octanol–water partition coefficient (Wildman–Crippen LogP) is -0.487. The number of aliphatic hydroxyl groups excluding tert-OH is 1. The van der Waals surface area contributed by atoms with Crippen LogP contribution in [0.4, 0.5) is 0 Å². The Balaban J connectivity index is 2.12. The van der Waals surface area contributed by atoms with Crippen LogP contribution in [-0.4, -0.2) is 49.7 Å². The summed E-state index contributed by atoms with van der Waals surface area (Å²) in [6, 6.07) is 0.126. The van der Waals surface area contributed by atoms with Crippen LogP contribution in [0.15, 0.2) is 0 Å². The minimum Gasteiger partial charge on any atom is -0.390 e. The van der Waals surface area contributed by atoms with Crippen LogP contribution >= 0.6 is 0 Å². The van der Waals surface area contributed by atoms with Crippen molar-refractivity contribution in [2.75, 3.05) is 20.8 Å². The Morgan fingerprint density at radius 1 is 1.62 bits per heavy atom. The van der Waals surface area contributed by atoms with Crippen LogP contribution in [-0.2, 0) is 9.47 Å². The fourth-order valence-electron chi connectivity index (χ4n) is 2.37. The molecule has 13 heavy (non-hydrogen) atoms. The van der Waals surface area contributed by atoms with Gasteiger partial charge in [0.05, 0.1) is 18.8 Å². The quantitative estimate of drug-likeness (QED) is 0.573. The van der Waals surface area contributed by atoms with Crippen molar-refractivity contribution in [2.24, 2.45) is 0 Å². The molecule has 4 unspecified atom stereocenters. The van der Waals surface area contributed by atoms with Crippen LogP contribution in [0.3, 0.4) is 0 Å². The smallest absolute Gasteiger partial charge is 0.110 e. The van der Waals surface area contributed by atoms with E-state index in [0.717, 1.165) is 19.4 Å². The van der Waals surface area contributed by atoms with Gasteiger partial charge >= 0.3 is 0 Å². The van der Waals surface area contributed by atoms with Gasteiger partial charge in [0.15, 0.2) is 0 Å². The highest BCUT2D eigenvalue weighted by atomic mass is 16.6. The van der Waals surface area contributed by atoms with Gasteiger partial charge < -0.3 is 19.9 Å². The molecule has 1 aliphatic heterocycles. The maximum atomic E-state index is 9.71. The fraction of sp³-hybridized carbons (Fsp3) is 1.00. The summed E-state index contributed by atoms with van der Waals surface area (Å²) in [7, 11) is 3.53. The van der Waals surface area contributed by atoms with Crippen LogP contribution in [0.2, 0.25) is 0 Å². The summed E-state index contributed by atoms with van der Waals surface area (Å²) < 4.78 is 10.8. The monoisotopic (exact) mass is 187 g/mol. The lowest BCUT2D eigenvalue weighted by atomic mass is 9.81. The molecule has 0 bridgehead atoms. The molecule has 0 amide bonds. The molecule has 0 aromatic rings. The van der Waals surface area contributed by atoms with E-state index < -0.39 is 0 Å². The molecule has 1 heterocycles. The van der Waals surface area contributed by atoms with Gasteiger partial charge in [0.25, 0.3) is 0 Å². The minimum absolute atomic E-state index is 0.0470. The van der Waals surface area contributed by atoms with E-state index in [1.54, 1.807) is 7.11 Å². The first kappa shape index (κ1) is 9.40. The molecule has 4 nitrogen and oxygen atoms in total. The van der Waals surface area contributed by atoms with Gasteiger partial charge in [-0.1, -0.05) is 0 Å². The second-order valence-corrected chi connectivity index (χ2v) is 3.93. The number of rotatable bonds is 2. The highest BCUT2D eigenvalue weighted by Crippen LogP contribution is 2.42. The number of hydrogen-bond donors (Lipinski definition) is 2. The van der Waals surface area contributed by atoms with Gasteiger partial charge in [-0.05, 0) is 19.9 Å². The lowest BCUT2D eigenvalue weighted by Gasteiger charge is -2.38. The van der Waals surface area contributed by atoms with Crippen LogP contribution in [0.25, 0.3) is 0 Å². The molecule has 1 aliphatic carbocycles. The van der Waals surface area contributed by atoms with Crippen LogP contribution in [0.1, 0.15) is 12.8 Å². The summed E-state index contributed by atoms with van der Waals surface area (Å²) >= 11 is 0. The minimum atomic E-state index is -0.364. The van der Waals surface area contributed by atoms with Crippen molar-refractivity contribution in [3.63, 3.8) is 0 Å². The standard InChI is InChI=1S/C9H17NO3/c1-10-8-7(12-2)6(11)3-4-9(8)5-13-9/h6-8,10-11H,3-5H2,1-2H3. The first-order valence-electron chi connectivity index (χ1n) is 4.75. The van der Waals surface area contributed by atoms with Crippen molar-refractivity contribution in [2.45, 2.75) is 36.7 Å². The average molecular weight is 187 g/mol. The Kier molecular flexibility index (Phi) is 2.32. The second kappa shape index (κ2) is 3.20. The van der Waals surface area contributed by atoms with Crippen LogP contribution in [0, 0.1) is 0 Å². The molecule has 1 saturated carbocycles. The summed E-state index contributed by atoms with van der Waals surface area (Å²) in [6.45, 7) is 0.797.